The van der Waals surface area contributed by atoms with Gasteiger partial charge in [-0.1, -0.05) is 175 Å². The summed E-state index contributed by atoms with van der Waals surface area (Å²) in [6.45, 7) is 27.2. The van der Waals surface area contributed by atoms with Gasteiger partial charge >= 0.3 is 0 Å². The molecule has 2 spiro atoms. The summed E-state index contributed by atoms with van der Waals surface area (Å²) < 4.78 is 0. The van der Waals surface area contributed by atoms with Gasteiger partial charge in [-0.2, -0.15) is 0 Å². The Morgan fingerprint density at radius 2 is 0.830 bits per heavy atom. The first-order valence-electron chi connectivity index (χ1n) is 19.8. The molecular formula is C52H55N. The zero-order valence-electron chi connectivity index (χ0n) is 33.7. The molecule has 3 aliphatic carbocycles. The molecule has 53 heavy (non-hydrogen) atoms. The Bertz CT molecular complexity index is 2300. The van der Waals surface area contributed by atoms with E-state index in [0.717, 1.165) is 6.42 Å². The Balaban J connectivity index is 1.19. The molecule has 1 heteroatoms. The van der Waals surface area contributed by atoms with Crippen LogP contribution < -0.4 is 4.90 Å². The molecule has 0 saturated carbocycles. The Hall–Kier alpha value is -4.62. The highest BCUT2D eigenvalue weighted by atomic mass is 15.2. The summed E-state index contributed by atoms with van der Waals surface area (Å²) in [5.41, 5.74) is 19.2. The van der Waals surface area contributed by atoms with E-state index in [1.54, 1.807) is 5.57 Å². The normalized spacial score (nSPS) is 21.5. The van der Waals surface area contributed by atoms with Gasteiger partial charge < -0.3 is 4.90 Å². The van der Waals surface area contributed by atoms with Gasteiger partial charge in [0, 0.05) is 38.2 Å². The van der Waals surface area contributed by atoms with Crippen molar-refractivity contribution < 1.29 is 0 Å². The van der Waals surface area contributed by atoms with Crippen LogP contribution in [0.15, 0.2) is 144 Å². The van der Waals surface area contributed by atoms with Crippen molar-refractivity contribution in [1.29, 1.82) is 0 Å². The van der Waals surface area contributed by atoms with E-state index in [9.17, 15) is 0 Å². The summed E-state index contributed by atoms with van der Waals surface area (Å²) >= 11 is 0. The average Bonchev–Trinajstić information content (AvgIpc) is 3.56. The second-order valence-electron chi connectivity index (χ2n) is 18.7. The van der Waals surface area contributed by atoms with Crippen LogP contribution in [0, 0.1) is 21.7 Å². The lowest BCUT2D eigenvalue weighted by Crippen LogP contribution is -2.52. The van der Waals surface area contributed by atoms with Crippen molar-refractivity contribution in [2.45, 2.75) is 93.4 Å². The molecule has 5 aromatic carbocycles. The molecule has 0 amide bonds. The van der Waals surface area contributed by atoms with Crippen LogP contribution in [0.3, 0.4) is 0 Å². The van der Waals surface area contributed by atoms with Crippen LogP contribution in [0.4, 0.5) is 17.1 Å². The Morgan fingerprint density at radius 1 is 0.415 bits per heavy atom. The summed E-state index contributed by atoms with van der Waals surface area (Å²) in [4.78, 5) is 2.56. The zero-order chi connectivity index (χ0) is 37.5. The van der Waals surface area contributed by atoms with Gasteiger partial charge in [0.05, 0.1) is 11.4 Å². The number of allylic oxidation sites excluding steroid dienone is 4. The maximum absolute atomic E-state index is 2.56. The second kappa shape index (κ2) is 10.7. The lowest BCUT2D eigenvalue weighted by molar-refractivity contribution is 0.154. The predicted molar refractivity (Wildman–Crippen MR) is 224 cm³/mol. The Kier molecular flexibility index (Phi) is 6.93. The molecule has 9 rings (SSSR count). The van der Waals surface area contributed by atoms with Crippen LogP contribution in [-0.4, -0.2) is 0 Å². The molecule has 1 heterocycles. The quantitative estimate of drug-likeness (QED) is 0.170. The number of para-hydroxylation sites is 2. The minimum Gasteiger partial charge on any atom is -0.310 e. The van der Waals surface area contributed by atoms with Gasteiger partial charge in [-0.15, -0.1) is 0 Å². The summed E-state index contributed by atoms with van der Waals surface area (Å²) in [6, 6.07) is 46.4. The number of benzene rings is 5. The SMILES string of the molecule is CC1=C(Cc2cccc(N3c4ccccc4C4(c5ccccc53)C(C)(C)C(C)=C(C)C4(C)C)c2)C(C)(C)C2(c3ccccc3-c3ccccc32)C1(C)C. The van der Waals surface area contributed by atoms with Gasteiger partial charge in [0.1, 0.15) is 0 Å². The van der Waals surface area contributed by atoms with Crippen molar-refractivity contribution >= 4 is 17.1 Å². The topological polar surface area (TPSA) is 3.24 Å². The van der Waals surface area contributed by atoms with Crippen LogP contribution >= 0.6 is 0 Å². The fourth-order valence-corrected chi connectivity index (χ4v) is 13.2. The van der Waals surface area contributed by atoms with Crippen LogP contribution in [-0.2, 0) is 17.3 Å². The standard InChI is InChI=1S/C52H55N/c1-33-34(2)48(6,7)52(47(33,4)5)42-27-16-18-29-45(42)53(46-30-19-17-28-43(46)52)37-22-20-21-36(31-37)32-44-35(3)49(8,9)51(50(44,10)11)40-25-14-12-23-38(40)39-24-13-15-26-41(39)51/h12-31H,32H2,1-11H3. The molecule has 0 aromatic heterocycles. The fraction of sp³-hybridized carbons (Fsp3) is 0.346. The van der Waals surface area contributed by atoms with Crippen LogP contribution in [0.1, 0.15) is 104 Å². The first-order chi connectivity index (χ1) is 25.1. The maximum Gasteiger partial charge on any atom is 0.0503 e. The minimum absolute atomic E-state index is 0.0704. The first-order valence-corrected chi connectivity index (χ1v) is 19.8. The van der Waals surface area contributed by atoms with E-state index >= 15 is 0 Å². The molecule has 0 bridgehead atoms. The van der Waals surface area contributed by atoms with Gasteiger partial charge in [0.2, 0.25) is 0 Å². The van der Waals surface area contributed by atoms with Crippen LogP contribution in [0.5, 0.6) is 0 Å². The third-order valence-corrected chi connectivity index (χ3v) is 15.9. The summed E-state index contributed by atoms with van der Waals surface area (Å²) in [6.07, 6.45) is 0.922. The Morgan fingerprint density at radius 3 is 1.34 bits per heavy atom. The number of nitrogens with zero attached hydrogens (tertiary/aromatic N) is 1. The minimum atomic E-state index is -0.209. The molecule has 5 aromatic rings. The van der Waals surface area contributed by atoms with Gasteiger partial charge in [-0.05, 0) is 90.4 Å². The highest BCUT2D eigenvalue weighted by molar-refractivity contribution is 5.88. The van der Waals surface area contributed by atoms with E-state index in [4.69, 9.17) is 0 Å². The zero-order valence-corrected chi connectivity index (χ0v) is 33.7. The summed E-state index contributed by atoms with van der Waals surface area (Å²) in [5.74, 6) is 0. The molecule has 0 N–H and O–H groups in total. The summed E-state index contributed by atoms with van der Waals surface area (Å²) in [5, 5.41) is 0. The third-order valence-electron chi connectivity index (χ3n) is 15.9. The average molecular weight is 694 g/mol. The molecule has 0 unspecified atom stereocenters. The first kappa shape index (κ1) is 34.2. The number of hydrogen-bond acceptors (Lipinski definition) is 1. The highest BCUT2D eigenvalue weighted by Crippen LogP contribution is 2.74. The highest BCUT2D eigenvalue weighted by Gasteiger charge is 2.67. The van der Waals surface area contributed by atoms with Crippen molar-refractivity contribution in [3.63, 3.8) is 0 Å². The number of rotatable bonds is 3. The molecule has 1 aliphatic heterocycles. The second-order valence-corrected chi connectivity index (χ2v) is 18.7. The van der Waals surface area contributed by atoms with Crippen molar-refractivity contribution in [2.24, 2.45) is 21.7 Å². The van der Waals surface area contributed by atoms with Crippen molar-refractivity contribution in [3.8, 4) is 11.1 Å². The van der Waals surface area contributed by atoms with Gasteiger partial charge in [-0.25, -0.2) is 0 Å². The molecule has 0 radical (unpaired) electrons. The van der Waals surface area contributed by atoms with Crippen molar-refractivity contribution in [1.82, 2.24) is 0 Å². The van der Waals surface area contributed by atoms with Crippen molar-refractivity contribution in [3.05, 3.63) is 171 Å². The molecule has 4 aliphatic rings. The van der Waals surface area contributed by atoms with E-state index in [-0.39, 0.29) is 32.5 Å². The maximum atomic E-state index is 2.56. The lowest BCUT2D eigenvalue weighted by atomic mass is 9.48. The fourth-order valence-electron chi connectivity index (χ4n) is 13.2. The third kappa shape index (κ3) is 3.75. The van der Waals surface area contributed by atoms with Gasteiger partial charge in [0.15, 0.2) is 0 Å². The number of anilines is 3. The van der Waals surface area contributed by atoms with Gasteiger partial charge in [-0.3, -0.25) is 0 Å². The monoisotopic (exact) mass is 693 g/mol. The molecular weight excluding hydrogens is 639 g/mol. The molecule has 0 saturated heterocycles. The number of hydrogen-bond donors (Lipinski definition) is 0. The van der Waals surface area contributed by atoms with Crippen LogP contribution in [0.25, 0.3) is 11.1 Å². The van der Waals surface area contributed by atoms with E-state index in [1.165, 1.54) is 72.7 Å². The van der Waals surface area contributed by atoms with Crippen LogP contribution in [0.2, 0.25) is 0 Å². The largest absolute Gasteiger partial charge is 0.310 e. The van der Waals surface area contributed by atoms with Crippen molar-refractivity contribution in [2.75, 3.05) is 4.90 Å². The van der Waals surface area contributed by atoms with E-state index < -0.39 is 0 Å². The van der Waals surface area contributed by atoms with E-state index in [1.807, 2.05) is 0 Å². The smallest absolute Gasteiger partial charge is 0.0503 e. The number of fused-ring (bicyclic) bond motifs is 9. The van der Waals surface area contributed by atoms with Gasteiger partial charge in [0.25, 0.3) is 0 Å². The molecule has 268 valence electrons. The summed E-state index contributed by atoms with van der Waals surface area (Å²) in [7, 11) is 0. The predicted octanol–water partition coefficient (Wildman–Crippen LogP) is 14.0. The van der Waals surface area contributed by atoms with E-state index in [2.05, 4.69) is 202 Å². The Labute approximate surface area is 318 Å². The lowest BCUT2D eigenvalue weighted by Gasteiger charge is -2.57. The molecule has 0 atom stereocenters. The molecule has 1 nitrogen and oxygen atoms in total. The van der Waals surface area contributed by atoms with E-state index in [0.29, 0.717) is 0 Å². The molecule has 0 fully saturated rings.